The van der Waals surface area contributed by atoms with Crippen molar-refractivity contribution in [3.8, 4) is 22.5 Å². The number of hydrazone groups is 1. The van der Waals surface area contributed by atoms with Crippen molar-refractivity contribution in [2.24, 2.45) is 5.10 Å². The van der Waals surface area contributed by atoms with Crippen LogP contribution in [0.1, 0.15) is 5.56 Å². The van der Waals surface area contributed by atoms with Gasteiger partial charge < -0.3 is 0 Å². The van der Waals surface area contributed by atoms with Crippen molar-refractivity contribution in [2.75, 3.05) is 10.8 Å². The molecule has 0 fully saturated rings. The number of amides is 1. The van der Waals surface area contributed by atoms with E-state index in [1.54, 1.807) is 48.5 Å². The van der Waals surface area contributed by atoms with Crippen LogP contribution in [-0.4, -0.2) is 42.2 Å². The third-order valence-electron chi connectivity index (χ3n) is 5.58. The van der Waals surface area contributed by atoms with Gasteiger partial charge in [-0.3, -0.25) is 24.3 Å². The second-order valence-corrected chi connectivity index (χ2v) is 10.2. The first-order valence-corrected chi connectivity index (χ1v) is 12.6. The number of fused-ring (bicyclic) bond motifs is 3. The Morgan fingerprint density at radius 3 is 2.70 bits per heavy atom. The van der Waals surface area contributed by atoms with Crippen LogP contribution in [0.25, 0.3) is 22.5 Å². The molecule has 0 aliphatic carbocycles. The molecule has 4 aromatic rings. The SMILES string of the molecule is O=C(CN1c2c(-c3cccc(Cl)c3)n[nH]c2-c2ccccc2S1(=O)=O)NN=Cc1cccc([N+](=O)[O-])c1. The van der Waals surface area contributed by atoms with Crippen molar-refractivity contribution >= 4 is 45.1 Å². The van der Waals surface area contributed by atoms with Crippen LogP contribution >= 0.6 is 11.6 Å². The van der Waals surface area contributed by atoms with Crippen LogP contribution in [0.4, 0.5) is 11.4 Å². The van der Waals surface area contributed by atoms with Crippen molar-refractivity contribution < 1.29 is 18.1 Å². The summed E-state index contributed by atoms with van der Waals surface area (Å²) in [5.41, 5.74) is 4.48. The molecular weight excluding hydrogens is 520 g/mol. The Morgan fingerprint density at radius 1 is 1.14 bits per heavy atom. The minimum absolute atomic E-state index is 0.0247. The summed E-state index contributed by atoms with van der Waals surface area (Å²) in [6, 6.07) is 18.9. The van der Waals surface area contributed by atoms with Gasteiger partial charge >= 0.3 is 0 Å². The van der Waals surface area contributed by atoms with E-state index in [0.29, 0.717) is 33.1 Å². The van der Waals surface area contributed by atoms with Crippen molar-refractivity contribution in [3.63, 3.8) is 0 Å². The average Bonchev–Trinajstić information content (AvgIpc) is 3.32. The number of anilines is 1. The molecular formula is C24H17ClN6O5S. The molecule has 186 valence electrons. The summed E-state index contributed by atoms with van der Waals surface area (Å²) in [6.45, 7) is -0.594. The third-order valence-corrected chi connectivity index (χ3v) is 7.62. The maximum atomic E-state index is 13.6. The standard InChI is InChI=1S/C24H17ClN6O5S/c25-17-7-4-6-16(12-17)22-24-23(29-28-22)19-9-1-2-10-20(19)37(35,36)30(24)14-21(32)27-26-13-15-5-3-8-18(11-15)31(33)34/h1-13H,14H2,(H,27,32)(H,28,29). The lowest BCUT2D eigenvalue weighted by Crippen LogP contribution is -2.41. The van der Waals surface area contributed by atoms with E-state index in [-0.39, 0.29) is 16.3 Å². The van der Waals surface area contributed by atoms with E-state index in [0.717, 1.165) is 4.31 Å². The van der Waals surface area contributed by atoms with Gasteiger partial charge in [-0.05, 0) is 18.2 Å². The van der Waals surface area contributed by atoms with Crippen LogP contribution < -0.4 is 9.73 Å². The minimum atomic E-state index is -4.14. The number of hydrogen-bond acceptors (Lipinski definition) is 7. The van der Waals surface area contributed by atoms with E-state index in [9.17, 15) is 23.3 Å². The number of aromatic amines is 1. The molecule has 0 atom stereocenters. The highest BCUT2D eigenvalue weighted by Gasteiger charge is 2.39. The first-order valence-electron chi connectivity index (χ1n) is 10.8. The van der Waals surface area contributed by atoms with Crippen LogP contribution in [0.3, 0.4) is 0 Å². The third kappa shape index (κ3) is 4.55. The number of H-pyrrole nitrogens is 1. The number of rotatable bonds is 6. The molecule has 2 heterocycles. The van der Waals surface area contributed by atoms with Crippen LogP contribution in [0.5, 0.6) is 0 Å². The van der Waals surface area contributed by atoms with E-state index in [2.05, 4.69) is 20.7 Å². The van der Waals surface area contributed by atoms with Gasteiger partial charge in [-0.1, -0.05) is 54.1 Å². The van der Waals surface area contributed by atoms with E-state index < -0.39 is 27.4 Å². The zero-order chi connectivity index (χ0) is 26.2. The van der Waals surface area contributed by atoms with Crippen molar-refractivity contribution in [1.29, 1.82) is 0 Å². The summed E-state index contributed by atoms with van der Waals surface area (Å²) in [5.74, 6) is -0.728. The van der Waals surface area contributed by atoms with Crippen molar-refractivity contribution in [2.45, 2.75) is 4.90 Å². The summed E-state index contributed by atoms with van der Waals surface area (Å²) in [5, 5.41) is 22.5. The highest BCUT2D eigenvalue weighted by atomic mass is 35.5. The molecule has 13 heteroatoms. The van der Waals surface area contributed by atoms with E-state index in [4.69, 9.17) is 11.6 Å². The summed E-state index contributed by atoms with van der Waals surface area (Å²) in [7, 11) is -4.14. The number of benzene rings is 3. The molecule has 0 saturated carbocycles. The smallest absolute Gasteiger partial charge is 0.270 e. The van der Waals surface area contributed by atoms with Gasteiger partial charge in [0.05, 0.1) is 21.7 Å². The second kappa shape index (κ2) is 9.48. The molecule has 37 heavy (non-hydrogen) atoms. The number of hydrogen-bond donors (Lipinski definition) is 2. The number of non-ortho nitro benzene ring substituents is 1. The fraction of sp³-hybridized carbons (Fsp3) is 0.0417. The molecule has 0 saturated heterocycles. The van der Waals surface area contributed by atoms with E-state index in [1.807, 2.05) is 0 Å². The molecule has 1 amide bonds. The lowest BCUT2D eigenvalue weighted by Gasteiger charge is -2.29. The van der Waals surface area contributed by atoms with Gasteiger partial charge in [-0.2, -0.15) is 10.2 Å². The molecule has 0 unspecified atom stereocenters. The number of nitro groups is 1. The molecule has 5 rings (SSSR count). The number of nitro benzene ring substituents is 1. The Balaban J connectivity index is 1.49. The Kier molecular flexibility index (Phi) is 6.19. The summed E-state index contributed by atoms with van der Waals surface area (Å²) < 4.78 is 28.2. The largest absolute Gasteiger partial charge is 0.275 e. The first kappa shape index (κ1) is 24.2. The number of nitrogens with one attached hydrogen (secondary N) is 2. The molecule has 0 bridgehead atoms. The Hall–Kier alpha value is -4.55. The molecule has 1 aromatic heterocycles. The molecule has 3 aromatic carbocycles. The maximum Gasteiger partial charge on any atom is 0.270 e. The zero-order valence-electron chi connectivity index (χ0n) is 18.8. The molecule has 11 nitrogen and oxygen atoms in total. The predicted octanol–water partition coefficient (Wildman–Crippen LogP) is 3.96. The van der Waals surface area contributed by atoms with E-state index in [1.165, 1.54) is 30.5 Å². The van der Waals surface area contributed by atoms with Crippen LogP contribution in [0, 0.1) is 10.1 Å². The van der Waals surface area contributed by atoms with Gasteiger partial charge in [-0.15, -0.1) is 0 Å². The Morgan fingerprint density at radius 2 is 1.92 bits per heavy atom. The number of halogens is 1. The first-order chi connectivity index (χ1) is 17.8. The Labute approximate surface area is 215 Å². The van der Waals surface area contributed by atoms with Gasteiger partial charge in [-0.25, -0.2) is 13.8 Å². The zero-order valence-corrected chi connectivity index (χ0v) is 20.4. The normalized spacial score (nSPS) is 13.7. The van der Waals surface area contributed by atoms with Gasteiger partial charge in [0.2, 0.25) is 0 Å². The van der Waals surface area contributed by atoms with Gasteiger partial charge in [0.15, 0.2) is 0 Å². The maximum absolute atomic E-state index is 13.6. The molecule has 2 N–H and O–H groups in total. The monoisotopic (exact) mass is 536 g/mol. The van der Waals surface area contributed by atoms with Crippen molar-refractivity contribution in [1.82, 2.24) is 15.6 Å². The number of aromatic nitrogens is 2. The van der Waals surface area contributed by atoms with Crippen LogP contribution in [0.15, 0.2) is 82.8 Å². The average molecular weight is 537 g/mol. The fourth-order valence-electron chi connectivity index (χ4n) is 3.97. The summed E-state index contributed by atoms with van der Waals surface area (Å²) in [6.07, 6.45) is 1.23. The van der Waals surface area contributed by atoms with Crippen molar-refractivity contribution in [3.05, 3.63) is 93.5 Å². The second-order valence-electron chi connectivity index (χ2n) is 7.96. The quantitative estimate of drug-likeness (QED) is 0.216. The molecule has 0 spiro atoms. The number of sulfonamides is 1. The van der Waals surface area contributed by atoms with Gasteiger partial charge in [0, 0.05) is 33.8 Å². The highest BCUT2D eigenvalue weighted by Crippen LogP contribution is 2.46. The lowest BCUT2D eigenvalue weighted by molar-refractivity contribution is -0.384. The topological polar surface area (TPSA) is 151 Å². The molecule has 1 aliphatic rings. The molecule has 1 aliphatic heterocycles. The highest BCUT2D eigenvalue weighted by molar-refractivity contribution is 7.93. The van der Waals surface area contributed by atoms with Gasteiger partial charge in [0.1, 0.15) is 17.9 Å². The van der Waals surface area contributed by atoms with E-state index >= 15 is 0 Å². The number of nitrogens with zero attached hydrogens (tertiary/aromatic N) is 4. The number of carbonyl (C=O) groups excluding carboxylic acids is 1. The van der Waals surface area contributed by atoms with Crippen LogP contribution in [-0.2, 0) is 14.8 Å². The summed E-state index contributed by atoms with van der Waals surface area (Å²) in [4.78, 5) is 23.2. The fourth-order valence-corrected chi connectivity index (χ4v) is 5.80. The molecule has 0 radical (unpaired) electrons. The summed E-state index contributed by atoms with van der Waals surface area (Å²) >= 11 is 6.15. The number of carbonyl (C=O) groups is 1. The lowest BCUT2D eigenvalue weighted by atomic mass is 10.1. The van der Waals surface area contributed by atoms with Gasteiger partial charge in [0.25, 0.3) is 21.6 Å². The predicted molar refractivity (Wildman–Crippen MR) is 138 cm³/mol. The minimum Gasteiger partial charge on any atom is -0.275 e. The Bertz CT molecular complexity index is 1680. The van der Waals surface area contributed by atoms with Crippen LogP contribution in [0.2, 0.25) is 5.02 Å².